The molecule has 0 spiro atoms. The normalized spacial score (nSPS) is 15.4. The minimum atomic E-state index is -0.521. The first kappa shape index (κ1) is 18.5. The molecule has 2 heterocycles. The van der Waals surface area contributed by atoms with Gasteiger partial charge in [-0.15, -0.1) is 11.3 Å². The molecule has 0 aliphatic carbocycles. The quantitative estimate of drug-likeness (QED) is 0.649. The minimum absolute atomic E-state index is 0.186. The van der Waals surface area contributed by atoms with Crippen LogP contribution < -0.4 is 15.4 Å². The van der Waals surface area contributed by atoms with Crippen LogP contribution in [0.25, 0.3) is 11.3 Å². The van der Waals surface area contributed by atoms with Crippen molar-refractivity contribution >= 4 is 45.6 Å². The first-order chi connectivity index (χ1) is 13.4. The van der Waals surface area contributed by atoms with Crippen molar-refractivity contribution in [2.75, 3.05) is 10.6 Å². The largest absolute Gasteiger partial charge is 0.479 e. The van der Waals surface area contributed by atoms with Gasteiger partial charge in [0, 0.05) is 21.0 Å². The number of carbonyl (C=O) groups excluding carboxylic acids is 2. The van der Waals surface area contributed by atoms with Crippen LogP contribution in [0.15, 0.2) is 42.5 Å². The molecule has 0 saturated carbocycles. The van der Waals surface area contributed by atoms with Gasteiger partial charge in [0.05, 0.1) is 11.4 Å². The van der Waals surface area contributed by atoms with E-state index in [1.165, 1.54) is 11.3 Å². The van der Waals surface area contributed by atoms with E-state index in [1.807, 2.05) is 25.1 Å². The summed E-state index contributed by atoms with van der Waals surface area (Å²) < 4.78 is 5.58. The average Bonchev–Trinajstić information content (AvgIpc) is 3.02. The van der Waals surface area contributed by atoms with Gasteiger partial charge in [0.1, 0.15) is 5.75 Å². The van der Waals surface area contributed by atoms with E-state index in [0.29, 0.717) is 27.2 Å². The summed E-state index contributed by atoms with van der Waals surface area (Å²) in [6.07, 6.45) is -0.521. The molecule has 2 N–H and O–H groups in total. The fourth-order valence-electron chi connectivity index (χ4n) is 2.87. The smallest absolute Gasteiger partial charge is 0.265 e. The lowest BCUT2D eigenvalue weighted by Crippen LogP contribution is -2.34. The second-order valence-corrected chi connectivity index (χ2v) is 7.99. The molecule has 8 heteroatoms. The Labute approximate surface area is 170 Å². The Kier molecular flexibility index (Phi) is 4.78. The maximum atomic E-state index is 12.4. The van der Waals surface area contributed by atoms with Crippen LogP contribution in [0.5, 0.6) is 5.75 Å². The number of thiazole rings is 1. The molecule has 6 nitrogen and oxygen atoms in total. The molecule has 2 aromatic carbocycles. The van der Waals surface area contributed by atoms with Crippen LogP contribution >= 0.6 is 22.9 Å². The summed E-state index contributed by atoms with van der Waals surface area (Å²) in [4.78, 5) is 29.8. The standard InChI is InChI=1S/C20H16ClN3O3S/c1-10-18(25)22-15-9-12(6-7-16(15)27-10)17-11(2)28-20(23-17)24-19(26)13-4-3-5-14(21)8-13/h3-10H,1-2H3,(H,22,25)(H,23,24,26)/t10-/m1/s1. The third-order valence-electron chi connectivity index (χ3n) is 4.29. The number of rotatable bonds is 3. The number of fused-ring (bicyclic) bond motifs is 1. The van der Waals surface area contributed by atoms with Gasteiger partial charge in [-0.3, -0.25) is 14.9 Å². The number of carbonyl (C=O) groups is 2. The van der Waals surface area contributed by atoms with Crippen molar-refractivity contribution in [3.63, 3.8) is 0 Å². The van der Waals surface area contributed by atoms with Crippen molar-refractivity contribution in [3.05, 3.63) is 57.9 Å². The molecule has 0 bridgehead atoms. The fraction of sp³-hybridized carbons (Fsp3) is 0.150. The van der Waals surface area contributed by atoms with Crippen molar-refractivity contribution in [1.29, 1.82) is 0 Å². The average molecular weight is 414 g/mol. The van der Waals surface area contributed by atoms with Crippen LogP contribution in [0.4, 0.5) is 10.8 Å². The molecule has 1 atom stereocenters. The lowest BCUT2D eigenvalue weighted by Gasteiger charge is -2.23. The third kappa shape index (κ3) is 3.58. The lowest BCUT2D eigenvalue weighted by molar-refractivity contribution is -0.122. The predicted molar refractivity (Wildman–Crippen MR) is 110 cm³/mol. The number of ether oxygens (including phenoxy) is 1. The maximum absolute atomic E-state index is 12.4. The summed E-state index contributed by atoms with van der Waals surface area (Å²) in [7, 11) is 0. The highest BCUT2D eigenvalue weighted by atomic mass is 35.5. The highest BCUT2D eigenvalue weighted by Crippen LogP contribution is 2.37. The summed E-state index contributed by atoms with van der Waals surface area (Å²) in [5.74, 6) is 0.162. The molecule has 0 saturated heterocycles. The molecule has 1 aliphatic heterocycles. The Bertz CT molecular complexity index is 1100. The Hall–Kier alpha value is -2.90. The van der Waals surface area contributed by atoms with Gasteiger partial charge in [0.2, 0.25) is 0 Å². The minimum Gasteiger partial charge on any atom is -0.479 e. The van der Waals surface area contributed by atoms with E-state index in [-0.39, 0.29) is 11.8 Å². The number of aromatic nitrogens is 1. The Balaban J connectivity index is 1.59. The van der Waals surface area contributed by atoms with E-state index >= 15 is 0 Å². The molecule has 0 radical (unpaired) electrons. The number of nitrogens with zero attached hydrogens (tertiary/aromatic N) is 1. The number of benzene rings is 2. The summed E-state index contributed by atoms with van der Waals surface area (Å²) in [5.41, 5.74) is 2.64. The SMILES string of the molecule is Cc1sc(NC(=O)c2cccc(Cl)c2)nc1-c1ccc2c(c1)NC(=O)[C@@H](C)O2. The van der Waals surface area contributed by atoms with Crippen molar-refractivity contribution in [3.8, 4) is 17.0 Å². The molecule has 4 rings (SSSR count). The third-order valence-corrected chi connectivity index (χ3v) is 5.41. The Morgan fingerprint density at radius 2 is 2.11 bits per heavy atom. The molecule has 28 heavy (non-hydrogen) atoms. The van der Waals surface area contributed by atoms with Gasteiger partial charge in [0.25, 0.3) is 11.8 Å². The predicted octanol–water partition coefficient (Wildman–Crippen LogP) is 4.74. The van der Waals surface area contributed by atoms with Gasteiger partial charge in [0.15, 0.2) is 11.2 Å². The van der Waals surface area contributed by atoms with Crippen molar-refractivity contribution in [2.24, 2.45) is 0 Å². The molecule has 3 aromatic rings. The second-order valence-electron chi connectivity index (χ2n) is 6.35. The molecule has 1 aromatic heterocycles. The summed E-state index contributed by atoms with van der Waals surface area (Å²) in [6.45, 7) is 3.63. The van der Waals surface area contributed by atoms with Gasteiger partial charge in [-0.25, -0.2) is 4.98 Å². The fourth-order valence-corrected chi connectivity index (χ4v) is 3.89. The zero-order valence-corrected chi connectivity index (χ0v) is 16.6. The number of anilines is 2. The van der Waals surface area contributed by atoms with Crippen LogP contribution in [0.1, 0.15) is 22.2 Å². The zero-order chi connectivity index (χ0) is 19.8. The van der Waals surface area contributed by atoms with Crippen molar-refractivity contribution < 1.29 is 14.3 Å². The Morgan fingerprint density at radius 3 is 2.89 bits per heavy atom. The van der Waals surface area contributed by atoms with Crippen molar-refractivity contribution in [1.82, 2.24) is 4.98 Å². The van der Waals surface area contributed by atoms with Gasteiger partial charge in [-0.1, -0.05) is 17.7 Å². The van der Waals surface area contributed by atoms with Crippen LogP contribution in [-0.4, -0.2) is 22.9 Å². The number of halogens is 1. The molecular weight excluding hydrogens is 398 g/mol. The van der Waals surface area contributed by atoms with Crippen LogP contribution in [0.3, 0.4) is 0 Å². The van der Waals surface area contributed by atoms with Gasteiger partial charge in [-0.05, 0) is 50.2 Å². The molecule has 1 aliphatic rings. The zero-order valence-electron chi connectivity index (χ0n) is 15.1. The monoisotopic (exact) mass is 413 g/mol. The number of amides is 2. The van der Waals surface area contributed by atoms with Gasteiger partial charge in [-0.2, -0.15) is 0 Å². The number of hydrogen-bond donors (Lipinski definition) is 2. The second kappa shape index (κ2) is 7.26. The number of hydrogen-bond acceptors (Lipinski definition) is 5. The molecule has 0 unspecified atom stereocenters. The van der Waals surface area contributed by atoms with E-state index in [1.54, 1.807) is 31.2 Å². The number of aryl methyl sites for hydroxylation is 1. The number of nitrogens with one attached hydrogen (secondary N) is 2. The first-order valence-electron chi connectivity index (χ1n) is 8.57. The Morgan fingerprint density at radius 1 is 1.29 bits per heavy atom. The highest BCUT2D eigenvalue weighted by Gasteiger charge is 2.24. The van der Waals surface area contributed by atoms with Gasteiger partial charge < -0.3 is 10.1 Å². The molecule has 2 amide bonds. The lowest BCUT2D eigenvalue weighted by atomic mass is 10.1. The van der Waals surface area contributed by atoms with E-state index in [4.69, 9.17) is 16.3 Å². The summed E-state index contributed by atoms with van der Waals surface area (Å²) >= 11 is 7.33. The summed E-state index contributed by atoms with van der Waals surface area (Å²) in [6, 6.07) is 12.2. The van der Waals surface area contributed by atoms with E-state index in [0.717, 1.165) is 16.1 Å². The van der Waals surface area contributed by atoms with E-state index in [9.17, 15) is 9.59 Å². The maximum Gasteiger partial charge on any atom is 0.265 e. The van der Waals surface area contributed by atoms with Crippen LogP contribution in [0.2, 0.25) is 5.02 Å². The van der Waals surface area contributed by atoms with Crippen molar-refractivity contribution in [2.45, 2.75) is 20.0 Å². The van der Waals surface area contributed by atoms with E-state index in [2.05, 4.69) is 15.6 Å². The molecule has 142 valence electrons. The topological polar surface area (TPSA) is 80.3 Å². The van der Waals surface area contributed by atoms with Crippen LogP contribution in [-0.2, 0) is 4.79 Å². The highest BCUT2D eigenvalue weighted by molar-refractivity contribution is 7.16. The summed E-state index contributed by atoms with van der Waals surface area (Å²) in [5, 5.41) is 6.63. The van der Waals surface area contributed by atoms with Crippen LogP contribution in [0, 0.1) is 6.92 Å². The van der Waals surface area contributed by atoms with Gasteiger partial charge >= 0.3 is 0 Å². The first-order valence-corrected chi connectivity index (χ1v) is 9.76. The van der Waals surface area contributed by atoms with E-state index < -0.39 is 6.10 Å². The molecule has 0 fully saturated rings. The molecular formula is C20H16ClN3O3S.